The Hall–Kier alpha value is -0.880. The van der Waals surface area contributed by atoms with Gasteiger partial charge in [-0.05, 0) is 37.1 Å². The molecule has 0 spiro atoms. The Morgan fingerprint density at radius 2 is 2.25 bits per heavy atom. The molecule has 2 rings (SSSR count). The van der Waals surface area contributed by atoms with Gasteiger partial charge in [0.2, 0.25) is 0 Å². The van der Waals surface area contributed by atoms with Gasteiger partial charge in [-0.2, -0.15) is 0 Å². The number of rotatable bonds is 4. The van der Waals surface area contributed by atoms with Crippen molar-refractivity contribution in [2.24, 2.45) is 0 Å². The minimum atomic E-state index is -1.06. The fraction of sp³-hybridized carbons (Fsp3) is 0.571. The predicted molar refractivity (Wildman–Crippen MR) is 74.5 cm³/mol. The number of halogens is 2. The molecule has 0 aliphatic carbocycles. The molecular weight excluding hydrogens is 285 g/mol. The van der Waals surface area contributed by atoms with Crippen LogP contribution in [0.2, 0.25) is 5.02 Å². The van der Waals surface area contributed by atoms with Crippen molar-refractivity contribution in [3.8, 4) is 5.75 Å². The fourth-order valence-corrected chi connectivity index (χ4v) is 2.93. The molecule has 2 N–H and O–H groups in total. The SMILES string of the molecule is COc1c(F)cc(CN2CCC[C@@](O)(CO)C2)cc1Cl. The number of ether oxygens (including phenoxy) is 1. The van der Waals surface area contributed by atoms with Gasteiger partial charge >= 0.3 is 0 Å². The van der Waals surface area contributed by atoms with Crippen LogP contribution in [0.5, 0.6) is 5.75 Å². The van der Waals surface area contributed by atoms with Gasteiger partial charge in [0.05, 0.1) is 18.7 Å². The van der Waals surface area contributed by atoms with Crippen LogP contribution in [0.4, 0.5) is 4.39 Å². The fourth-order valence-electron chi connectivity index (χ4n) is 2.63. The van der Waals surface area contributed by atoms with E-state index in [4.69, 9.17) is 16.3 Å². The Morgan fingerprint density at radius 3 is 2.85 bits per heavy atom. The predicted octanol–water partition coefficient (Wildman–Crippen LogP) is 1.81. The lowest BCUT2D eigenvalue weighted by Gasteiger charge is -2.38. The number of nitrogens with zero attached hydrogens (tertiary/aromatic N) is 1. The van der Waals surface area contributed by atoms with Crippen molar-refractivity contribution in [2.45, 2.75) is 25.0 Å². The summed E-state index contributed by atoms with van der Waals surface area (Å²) < 4.78 is 18.6. The number of methoxy groups -OCH3 is 1. The highest BCUT2D eigenvalue weighted by Gasteiger charge is 2.32. The first-order chi connectivity index (χ1) is 9.47. The van der Waals surface area contributed by atoms with Crippen LogP contribution < -0.4 is 4.74 Å². The smallest absolute Gasteiger partial charge is 0.173 e. The van der Waals surface area contributed by atoms with Crippen molar-refractivity contribution in [1.82, 2.24) is 4.90 Å². The zero-order chi connectivity index (χ0) is 14.8. The molecule has 1 heterocycles. The van der Waals surface area contributed by atoms with Crippen molar-refractivity contribution < 1.29 is 19.3 Å². The first-order valence-electron chi connectivity index (χ1n) is 6.55. The van der Waals surface area contributed by atoms with Crippen LogP contribution in [0.3, 0.4) is 0 Å². The number of aliphatic hydroxyl groups excluding tert-OH is 1. The van der Waals surface area contributed by atoms with Crippen LogP contribution in [-0.4, -0.2) is 47.5 Å². The maximum Gasteiger partial charge on any atom is 0.173 e. The minimum absolute atomic E-state index is 0.0425. The van der Waals surface area contributed by atoms with Crippen LogP contribution in [0, 0.1) is 5.82 Å². The summed E-state index contributed by atoms with van der Waals surface area (Å²) >= 11 is 5.96. The highest BCUT2D eigenvalue weighted by Crippen LogP contribution is 2.30. The topological polar surface area (TPSA) is 52.9 Å². The number of hydrogen-bond donors (Lipinski definition) is 2. The van der Waals surface area contributed by atoms with E-state index < -0.39 is 11.4 Å². The lowest BCUT2D eigenvalue weighted by Crippen LogP contribution is -2.50. The largest absolute Gasteiger partial charge is 0.492 e. The summed E-state index contributed by atoms with van der Waals surface area (Å²) in [5.74, 6) is -0.453. The summed E-state index contributed by atoms with van der Waals surface area (Å²) in [6.07, 6.45) is 1.38. The number of benzene rings is 1. The number of piperidine rings is 1. The second-order valence-corrected chi connectivity index (χ2v) is 5.70. The molecule has 0 unspecified atom stereocenters. The third-order valence-electron chi connectivity index (χ3n) is 3.60. The third-order valence-corrected chi connectivity index (χ3v) is 3.88. The molecule has 1 aromatic carbocycles. The molecule has 20 heavy (non-hydrogen) atoms. The molecule has 6 heteroatoms. The third kappa shape index (κ3) is 3.41. The average Bonchev–Trinajstić information content (AvgIpc) is 2.38. The van der Waals surface area contributed by atoms with Gasteiger partial charge in [-0.25, -0.2) is 4.39 Å². The second-order valence-electron chi connectivity index (χ2n) is 5.29. The van der Waals surface area contributed by atoms with Crippen LogP contribution in [-0.2, 0) is 6.54 Å². The van der Waals surface area contributed by atoms with Gasteiger partial charge in [0.25, 0.3) is 0 Å². The van der Waals surface area contributed by atoms with E-state index in [0.717, 1.165) is 18.5 Å². The Labute approximate surface area is 122 Å². The van der Waals surface area contributed by atoms with E-state index in [1.54, 1.807) is 6.07 Å². The quantitative estimate of drug-likeness (QED) is 0.891. The van der Waals surface area contributed by atoms with Crippen LogP contribution in [0.1, 0.15) is 18.4 Å². The summed E-state index contributed by atoms with van der Waals surface area (Å²) in [5.41, 5.74) is -0.344. The summed E-state index contributed by atoms with van der Waals surface area (Å²) in [4.78, 5) is 1.98. The van der Waals surface area contributed by atoms with Crippen LogP contribution in [0.15, 0.2) is 12.1 Å². The molecule has 0 aromatic heterocycles. The van der Waals surface area contributed by atoms with Crippen molar-refractivity contribution in [1.29, 1.82) is 0 Å². The van der Waals surface area contributed by atoms with E-state index >= 15 is 0 Å². The Bertz CT molecular complexity index is 462. The van der Waals surface area contributed by atoms with Gasteiger partial charge in [0.15, 0.2) is 11.6 Å². The Balaban J connectivity index is 2.10. The molecule has 1 atom stereocenters. The van der Waals surface area contributed by atoms with Crippen molar-refractivity contribution in [2.75, 3.05) is 26.8 Å². The highest BCUT2D eigenvalue weighted by molar-refractivity contribution is 6.32. The van der Waals surface area contributed by atoms with Crippen molar-refractivity contribution >= 4 is 11.6 Å². The molecule has 4 nitrogen and oxygen atoms in total. The van der Waals surface area contributed by atoms with E-state index in [-0.39, 0.29) is 17.4 Å². The maximum atomic E-state index is 13.8. The van der Waals surface area contributed by atoms with E-state index in [0.29, 0.717) is 19.5 Å². The number of likely N-dealkylation sites (tertiary alicyclic amines) is 1. The minimum Gasteiger partial charge on any atom is -0.492 e. The standard InChI is InChI=1S/C14H19ClFNO3/c1-20-13-11(15)5-10(6-12(13)16)7-17-4-2-3-14(19,8-17)9-18/h5-6,18-19H,2-4,7-9H2,1H3/t14-/m0/s1. The highest BCUT2D eigenvalue weighted by atomic mass is 35.5. The average molecular weight is 304 g/mol. The zero-order valence-corrected chi connectivity index (χ0v) is 12.2. The summed E-state index contributed by atoms with van der Waals surface area (Å²) in [5, 5.41) is 19.6. The molecule has 0 saturated carbocycles. The molecule has 0 bridgehead atoms. The molecule has 112 valence electrons. The molecule has 1 fully saturated rings. The first-order valence-corrected chi connectivity index (χ1v) is 6.93. The Morgan fingerprint density at radius 1 is 1.50 bits per heavy atom. The van der Waals surface area contributed by atoms with Gasteiger partial charge in [0.1, 0.15) is 5.60 Å². The number of hydrogen-bond acceptors (Lipinski definition) is 4. The molecule has 1 aromatic rings. The number of aliphatic hydroxyl groups is 2. The summed E-state index contributed by atoms with van der Waals surface area (Å²) in [7, 11) is 1.37. The molecule has 1 aliphatic heterocycles. The lowest BCUT2D eigenvalue weighted by atomic mass is 9.93. The number of β-amino-alcohol motifs (C(OH)–C–C–N with tert-alkyl or cyclic N) is 1. The lowest BCUT2D eigenvalue weighted by molar-refractivity contribution is -0.0687. The summed E-state index contributed by atoms with van der Waals surface area (Å²) in [6.45, 7) is 1.38. The van der Waals surface area contributed by atoms with E-state index in [9.17, 15) is 14.6 Å². The van der Waals surface area contributed by atoms with Gasteiger partial charge in [-0.15, -0.1) is 0 Å². The maximum absolute atomic E-state index is 13.8. The monoisotopic (exact) mass is 303 g/mol. The van der Waals surface area contributed by atoms with Gasteiger partial charge in [0, 0.05) is 13.1 Å². The van der Waals surface area contributed by atoms with Crippen molar-refractivity contribution in [3.05, 3.63) is 28.5 Å². The second kappa shape index (κ2) is 6.26. The van der Waals surface area contributed by atoms with E-state index in [1.165, 1.54) is 13.2 Å². The summed E-state index contributed by atoms with van der Waals surface area (Å²) in [6, 6.07) is 3.05. The van der Waals surface area contributed by atoms with Gasteiger partial charge in [-0.1, -0.05) is 11.6 Å². The molecular formula is C14H19ClFNO3. The molecule has 0 amide bonds. The zero-order valence-electron chi connectivity index (χ0n) is 11.4. The van der Waals surface area contributed by atoms with E-state index in [2.05, 4.69) is 0 Å². The van der Waals surface area contributed by atoms with E-state index in [1.807, 2.05) is 4.90 Å². The van der Waals surface area contributed by atoms with Gasteiger partial charge < -0.3 is 14.9 Å². The van der Waals surface area contributed by atoms with Crippen LogP contribution in [0.25, 0.3) is 0 Å². The normalized spacial score (nSPS) is 23.9. The molecule has 1 aliphatic rings. The van der Waals surface area contributed by atoms with Crippen molar-refractivity contribution in [3.63, 3.8) is 0 Å². The van der Waals surface area contributed by atoms with Crippen LogP contribution >= 0.6 is 11.6 Å². The molecule has 0 radical (unpaired) electrons. The Kier molecular flexibility index (Phi) is 4.86. The first kappa shape index (κ1) is 15.5. The molecule has 1 saturated heterocycles. The van der Waals surface area contributed by atoms with Gasteiger partial charge in [-0.3, -0.25) is 4.90 Å².